The van der Waals surface area contributed by atoms with Crippen LogP contribution in [0.3, 0.4) is 0 Å². The lowest BCUT2D eigenvalue weighted by Crippen LogP contribution is -2.09. The molecule has 88 valence electrons. The van der Waals surface area contributed by atoms with Gasteiger partial charge in [-0.15, -0.1) is 0 Å². The number of amides is 1. The highest BCUT2D eigenvalue weighted by molar-refractivity contribution is 9.10. The monoisotopic (exact) mass is 293 g/mol. The molecule has 4 nitrogen and oxygen atoms in total. The molecular formula is C12H12BrN3O. The Morgan fingerprint density at radius 1 is 1.41 bits per heavy atom. The van der Waals surface area contributed by atoms with E-state index < -0.39 is 0 Å². The Morgan fingerprint density at radius 3 is 2.76 bits per heavy atom. The predicted molar refractivity (Wildman–Crippen MR) is 70.6 cm³/mol. The number of H-pyrrole nitrogens is 1. The van der Waals surface area contributed by atoms with E-state index in [2.05, 4.69) is 31.4 Å². The molecule has 2 aromatic rings. The standard InChI is InChI=1S/C12H12BrN3O/c1-2-11(17)15-10-7-14-16-12(10)8-3-5-9(13)6-4-8/h3-7H,2H2,1H3,(H,14,16)(H,15,17). The van der Waals surface area contributed by atoms with E-state index >= 15 is 0 Å². The molecule has 0 radical (unpaired) electrons. The smallest absolute Gasteiger partial charge is 0.224 e. The average Bonchev–Trinajstić information content (AvgIpc) is 2.78. The number of nitrogens with zero attached hydrogens (tertiary/aromatic N) is 1. The van der Waals surface area contributed by atoms with Crippen LogP contribution in [0, 0.1) is 0 Å². The van der Waals surface area contributed by atoms with Crippen molar-refractivity contribution in [2.45, 2.75) is 13.3 Å². The highest BCUT2D eigenvalue weighted by atomic mass is 79.9. The van der Waals surface area contributed by atoms with Gasteiger partial charge in [0.2, 0.25) is 5.91 Å². The van der Waals surface area contributed by atoms with Crippen molar-refractivity contribution in [2.75, 3.05) is 5.32 Å². The summed E-state index contributed by atoms with van der Waals surface area (Å²) in [7, 11) is 0. The van der Waals surface area contributed by atoms with Crippen LogP contribution in [0.2, 0.25) is 0 Å². The summed E-state index contributed by atoms with van der Waals surface area (Å²) >= 11 is 3.38. The third-order valence-corrected chi connectivity index (χ3v) is 2.90. The van der Waals surface area contributed by atoms with E-state index in [-0.39, 0.29) is 5.91 Å². The molecule has 1 heterocycles. The fraction of sp³-hybridized carbons (Fsp3) is 0.167. The number of rotatable bonds is 3. The predicted octanol–water partition coefficient (Wildman–Crippen LogP) is 3.19. The van der Waals surface area contributed by atoms with Gasteiger partial charge in [0, 0.05) is 16.5 Å². The third-order valence-electron chi connectivity index (χ3n) is 2.37. The van der Waals surface area contributed by atoms with Gasteiger partial charge < -0.3 is 5.32 Å². The summed E-state index contributed by atoms with van der Waals surface area (Å²) in [6, 6.07) is 7.81. The minimum absolute atomic E-state index is 0.0234. The Labute approximate surface area is 108 Å². The number of carbonyl (C=O) groups excluding carboxylic acids is 1. The molecule has 0 atom stereocenters. The maximum absolute atomic E-state index is 11.4. The van der Waals surface area contributed by atoms with Crippen molar-refractivity contribution >= 4 is 27.5 Å². The molecule has 1 amide bonds. The van der Waals surface area contributed by atoms with E-state index in [4.69, 9.17) is 0 Å². The first-order valence-corrected chi connectivity index (χ1v) is 6.09. The number of hydrogen-bond donors (Lipinski definition) is 2. The Morgan fingerprint density at radius 2 is 2.12 bits per heavy atom. The molecule has 0 unspecified atom stereocenters. The Hall–Kier alpha value is -1.62. The molecule has 5 heteroatoms. The first-order chi connectivity index (χ1) is 8.20. The summed E-state index contributed by atoms with van der Waals surface area (Å²) < 4.78 is 1.01. The fourth-order valence-corrected chi connectivity index (χ4v) is 1.72. The molecule has 0 aliphatic carbocycles. The number of anilines is 1. The van der Waals surface area contributed by atoms with E-state index in [0.29, 0.717) is 12.1 Å². The number of aromatic nitrogens is 2. The van der Waals surface area contributed by atoms with Gasteiger partial charge in [-0.05, 0) is 12.1 Å². The lowest BCUT2D eigenvalue weighted by Gasteiger charge is -2.04. The number of benzene rings is 1. The van der Waals surface area contributed by atoms with Gasteiger partial charge in [-0.3, -0.25) is 9.89 Å². The van der Waals surface area contributed by atoms with E-state index in [0.717, 1.165) is 15.7 Å². The summed E-state index contributed by atoms with van der Waals surface area (Å²) in [6.45, 7) is 1.81. The van der Waals surface area contributed by atoms with Crippen LogP contribution in [0.25, 0.3) is 11.3 Å². The van der Waals surface area contributed by atoms with Crippen LogP contribution in [0.5, 0.6) is 0 Å². The minimum Gasteiger partial charge on any atom is -0.323 e. The largest absolute Gasteiger partial charge is 0.323 e. The van der Waals surface area contributed by atoms with Gasteiger partial charge in [-0.25, -0.2) is 0 Å². The molecule has 0 aliphatic rings. The number of aromatic amines is 1. The normalized spacial score (nSPS) is 10.2. The van der Waals surface area contributed by atoms with Crippen LogP contribution in [0.15, 0.2) is 34.9 Å². The maximum atomic E-state index is 11.4. The molecule has 0 bridgehead atoms. The van der Waals surface area contributed by atoms with Crippen molar-refractivity contribution in [3.05, 3.63) is 34.9 Å². The molecular weight excluding hydrogens is 282 g/mol. The number of carbonyl (C=O) groups is 1. The molecule has 0 aliphatic heterocycles. The number of halogens is 1. The third kappa shape index (κ3) is 2.74. The highest BCUT2D eigenvalue weighted by Gasteiger charge is 2.09. The van der Waals surface area contributed by atoms with Crippen molar-refractivity contribution < 1.29 is 4.79 Å². The van der Waals surface area contributed by atoms with Crippen LogP contribution >= 0.6 is 15.9 Å². The summed E-state index contributed by atoms with van der Waals surface area (Å²) in [6.07, 6.45) is 2.07. The highest BCUT2D eigenvalue weighted by Crippen LogP contribution is 2.26. The molecule has 1 aromatic heterocycles. The molecule has 0 spiro atoms. The van der Waals surface area contributed by atoms with Gasteiger partial charge in [0.15, 0.2) is 0 Å². The first-order valence-electron chi connectivity index (χ1n) is 5.30. The SMILES string of the molecule is CCC(=O)Nc1cn[nH]c1-c1ccc(Br)cc1. The molecule has 17 heavy (non-hydrogen) atoms. The van der Waals surface area contributed by atoms with Crippen molar-refractivity contribution in [1.29, 1.82) is 0 Å². The van der Waals surface area contributed by atoms with E-state index in [1.54, 1.807) is 6.20 Å². The average molecular weight is 294 g/mol. The molecule has 1 aromatic carbocycles. The van der Waals surface area contributed by atoms with Crippen LogP contribution in [-0.2, 0) is 4.79 Å². The molecule has 0 saturated carbocycles. The summed E-state index contributed by atoms with van der Waals surface area (Å²) in [5.41, 5.74) is 2.51. The van der Waals surface area contributed by atoms with Gasteiger partial charge in [0.05, 0.1) is 17.6 Å². The quantitative estimate of drug-likeness (QED) is 0.913. The van der Waals surface area contributed by atoms with E-state index in [1.165, 1.54) is 0 Å². The summed E-state index contributed by atoms with van der Waals surface area (Å²) in [4.78, 5) is 11.4. The van der Waals surface area contributed by atoms with Crippen molar-refractivity contribution in [2.24, 2.45) is 0 Å². The zero-order chi connectivity index (χ0) is 12.3. The molecule has 2 N–H and O–H groups in total. The van der Waals surface area contributed by atoms with E-state index in [1.807, 2.05) is 31.2 Å². The van der Waals surface area contributed by atoms with Crippen molar-refractivity contribution in [3.8, 4) is 11.3 Å². The van der Waals surface area contributed by atoms with Gasteiger partial charge in [0.1, 0.15) is 0 Å². The van der Waals surface area contributed by atoms with Crippen LogP contribution in [0.1, 0.15) is 13.3 Å². The fourth-order valence-electron chi connectivity index (χ4n) is 1.46. The van der Waals surface area contributed by atoms with Gasteiger partial charge in [-0.2, -0.15) is 5.10 Å². The Balaban J connectivity index is 2.30. The zero-order valence-electron chi connectivity index (χ0n) is 9.33. The lowest BCUT2D eigenvalue weighted by atomic mass is 10.1. The molecule has 0 saturated heterocycles. The van der Waals surface area contributed by atoms with Crippen LogP contribution in [-0.4, -0.2) is 16.1 Å². The topological polar surface area (TPSA) is 57.8 Å². The summed E-state index contributed by atoms with van der Waals surface area (Å²) in [5, 5.41) is 9.66. The lowest BCUT2D eigenvalue weighted by molar-refractivity contribution is -0.115. The molecule has 0 fully saturated rings. The zero-order valence-corrected chi connectivity index (χ0v) is 10.9. The minimum atomic E-state index is -0.0234. The second-order valence-corrected chi connectivity index (χ2v) is 4.48. The second-order valence-electron chi connectivity index (χ2n) is 3.57. The number of hydrogen-bond acceptors (Lipinski definition) is 2. The van der Waals surface area contributed by atoms with Gasteiger partial charge in [0.25, 0.3) is 0 Å². The molecule has 2 rings (SSSR count). The van der Waals surface area contributed by atoms with E-state index in [9.17, 15) is 4.79 Å². The maximum Gasteiger partial charge on any atom is 0.224 e. The van der Waals surface area contributed by atoms with Gasteiger partial charge in [-0.1, -0.05) is 35.0 Å². The van der Waals surface area contributed by atoms with Crippen molar-refractivity contribution in [1.82, 2.24) is 10.2 Å². The Kier molecular flexibility index (Phi) is 3.58. The van der Waals surface area contributed by atoms with Crippen LogP contribution in [0.4, 0.5) is 5.69 Å². The first kappa shape index (κ1) is 11.9. The van der Waals surface area contributed by atoms with Gasteiger partial charge >= 0.3 is 0 Å². The Bertz CT molecular complexity index is 519. The summed E-state index contributed by atoms with van der Waals surface area (Å²) in [5.74, 6) is -0.0234. The van der Waals surface area contributed by atoms with Crippen molar-refractivity contribution in [3.63, 3.8) is 0 Å². The number of nitrogens with one attached hydrogen (secondary N) is 2. The second kappa shape index (κ2) is 5.14. The van der Waals surface area contributed by atoms with Crippen LogP contribution < -0.4 is 5.32 Å².